The third-order valence-corrected chi connectivity index (χ3v) is 5.61. The van der Waals surface area contributed by atoms with Gasteiger partial charge in [-0.05, 0) is 35.7 Å². The van der Waals surface area contributed by atoms with Gasteiger partial charge in [0.25, 0.3) is 5.91 Å². The van der Waals surface area contributed by atoms with Crippen LogP contribution in [0, 0.1) is 17.2 Å². The number of carbonyl (C=O) groups excluding carboxylic acids is 2. The molecule has 2 amide bonds. The zero-order valence-corrected chi connectivity index (χ0v) is 18.3. The SMILES string of the molecule is CC(C)CN1C(=O)c2ccccc2C(C(=O)Nc2cccc(C#N)c2)C1c1cnn(C)c1. The monoisotopic (exact) mass is 427 g/mol. The van der Waals surface area contributed by atoms with Gasteiger partial charge in [0.05, 0.1) is 29.8 Å². The number of hydrogen-bond donors (Lipinski definition) is 1. The molecule has 7 heteroatoms. The largest absolute Gasteiger partial charge is 0.330 e. The lowest BCUT2D eigenvalue weighted by Gasteiger charge is -2.42. The molecule has 2 unspecified atom stereocenters. The van der Waals surface area contributed by atoms with Gasteiger partial charge in [0, 0.05) is 36.6 Å². The van der Waals surface area contributed by atoms with Gasteiger partial charge in [-0.15, -0.1) is 0 Å². The molecule has 3 aromatic rings. The van der Waals surface area contributed by atoms with Crippen molar-refractivity contribution in [3.8, 4) is 6.07 Å². The summed E-state index contributed by atoms with van der Waals surface area (Å²) in [6.45, 7) is 4.62. The first-order chi connectivity index (χ1) is 15.4. The van der Waals surface area contributed by atoms with Crippen LogP contribution in [0.1, 0.15) is 52.9 Å². The first-order valence-corrected chi connectivity index (χ1v) is 10.6. The molecule has 32 heavy (non-hydrogen) atoms. The molecular weight excluding hydrogens is 402 g/mol. The van der Waals surface area contributed by atoms with Crippen molar-refractivity contribution in [2.75, 3.05) is 11.9 Å². The molecule has 0 fully saturated rings. The van der Waals surface area contributed by atoms with E-state index in [2.05, 4.69) is 30.3 Å². The highest BCUT2D eigenvalue weighted by Gasteiger charge is 2.44. The summed E-state index contributed by atoms with van der Waals surface area (Å²) in [4.78, 5) is 29.0. The molecule has 1 aliphatic heterocycles. The normalized spacial score (nSPS) is 17.7. The smallest absolute Gasteiger partial charge is 0.254 e. The Labute approximate surface area is 187 Å². The maximum absolute atomic E-state index is 13.7. The number of aromatic nitrogens is 2. The third-order valence-electron chi connectivity index (χ3n) is 5.61. The Bertz CT molecular complexity index is 1210. The fourth-order valence-corrected chi connectivity index (χ4v) is 4.32. The number of hydrogen-bond acceptors (Lipinski definition) is 4. The summed E-state index contributed by atoms with van der Waals surface area (Å²) in [6, 6.07) is 15.7. The number of nitriles is 1. The molecule has 0 bridgehead atoms. The maximum Gasteiger partial charge on any atom is 0.254 e. The summed E-state index contributed by atoms with van der Waals surface area (Å²) in [5, 5.41) is 16.5. The number of benzene rings is 2. The van der Waals surface area contributed by atoms with Crippen molar-refractivity contribution in [1.29, 1.82) is 5.26 Å². The average molecular weight is 428 g/mol. The molecule has 1 N–H and O–H groups in total. The second kappa shape index (κ2) is 8.67. The molecule has 7 nitrogen and oxygen atoms in total. The molecule has 4 rings (SSSR count). The van der Waals surface area contributed by atoms with Crippen LogP contribution in [0.15, 0.2) is 60.9 Å². The summed E-state index contributed by atoms with van der Waals surface area (Å²) >= 11 is 0. The second-order valence-corrected chi connectivity index (χ2v) is 8.49. The lowest BCUT2D eigenvalue weighted by molar-refractivity contribution is -0.119. The van der Waals surface area contributed by atoms with Crippen molar-refractivity contribution in [2.45, 2.75) is 25.8 Å². The Balaban J connectivity index is 1.83. The Morgan fingerprint density at radius 1 is 1.22 bits per heavy atom. The molecule has 0 saturated heterocycles. The van der Waals surface area contributed by atoms with E-state index in [-0.39, 0.29) is 17.7 Å². The summed E-state index contributed by atoms with van der Waals surface area (Å²) in [7, 11) is 1.82. The van der Waals surface area contributed by atoms with E-state index in [1.54, 1.807) is 46.1 Å². The van der Waals surface area contributed by atoms with Gasteiger partial charge in [-0.2, -0.15) is 10.4 Å². The van der Waals surface area contributed by atoms with Crippen molar-refractivity contribution < 1.29 is 9.59 Å². The molecule has 0 saturated carbocycles. The van der Waals surface area contributed by atoms with Crippen LogP contribution in [0.2, 0.25) is 0 Å². The zero-order valence-electron chi connectivity index (χ0n) is 18.3. The standard InChI is InChI=1S/C25H25N5O2/c1-16(2)14-30-23(18-13-27-29(3)15-18)22(20-9-4-5-10-21(20)25(30)32)24(31)28-19-8-6-7-17(11-19)12-26/h4-11,13,15-16,22-23H,14H2,1-3H3,(H,28,31). The van der Waals surface area contributed by atoms with Gasteiger partial charge in [-0.25, -0.2) is 0 Å². The van der Waals surface area contributed by atoms with Crippen LogP contribution < -0.4 is 5.32 Å². The van der Waals surface area contributed by atoms with Crippen LogP contribution in [0.4, 0.5) is 5.69 Å². The van der Waals surface area contributed by atoms with Gasteiger partial charge in [0.15, 0.2) is 0 Å². The highest BCUT2D eigenvalue weighted by Crippen LogP contribution is 2.43. The number of amides is 2. The fraction of sp³-hybridized carbons (Fsp3) is 0.280. The number of aryl methyl sites for hydroxylation is 1. The Hall–Kier alpha value is -3.92. The minimum Gasteiger partial charge on any atom is -0.330 e. The predicted octanol–water partition coefficient (Wildman–Crippen LogP) is 3.87. The van der Waals surface area contributed by atoms with E-state index in [0.29, 0.717) is 28.9 Å². The summed E-state index contributed by atoms with van der Waals surface area (Å²) < 4.78 is 1.68. The predicted molar refractivity (Wildman–Crippen MR) is 121 cm³/mol. The molecule has 1 aliphatic rings. The van der Waals surface area contributed by atoms with Gasteiger partial charge in [-0.3, -0.25) is 14.3 Å². The summed E-state index contributed by atoms with van der Waals surface area (Å²) in [6.07, 6.45) is 3.57. The Morgan fingerprint density at radius 3 is 2.69 bits per heavy atom. The highest BCUT2D eigenvalue weighted by atomic mass is 16.2. The molecule has 2 atom stereocenters. The number of carbonyl (C=O) groups is 2. The van der Waals surface area contributed by atoms with Gasteiger partial charge >= 0.3 is 0 Å². The van der Waals surface area contributed by atoms with E-state index >= 15 is 0 Å². The van der Waals surface area contributed by atoms with Gasteiger partial charge in [-0.1, -0.05) is 38.1 Å². The van der Waals surface area contributed by atoms with Crippen LogP contribution in [-0.2, 0) is 11.8 Å². The van der Waals surface area contributed by atoms with Crippen molar-refractivity contribution in [2.24, 2.45) is 13.0 Å². The number of anilines is 1. The third kappa shape index (κ3) is 4.00. The molecule has 2 aromatic carbocycles. The second-order valence-electron chi connectivity index (χ2n) is 8.49. The molecular formula is C25H25N5O2. The first-order valence-electron chi connectivity index (χ1n) is 10.6. The lowest BCUT2D eigenvalue weighted by atomic mass is 9.79. The lowest BCUT2D eigenvalue weighted by Crippen LogP contribution is -2.47. The number of rotatable bonds is 5. The Kier molecular flexibility index (Phi) is 5.78. The van der Waals surface area contributed by atoms with Crippen LogP contribution in [0.5, 0.6) is 0 Å². The number of fused-ring (bicyclic) bond motifs is 1. The van der Waals surface area contributed by atoms with Crippen molar-refractivity contribution >= 4 is 17.5 Å². The van der Waals surface area contributed by atoms with Crippen molar-refractivity contribution in [3.05, 3.63) is 83.2 Å². The van der Waals surface area contributed by atoms with Crippen LogP contribution >= 0.6 is 0 Å². The van der Waals surface area contributed by atoms with E-state index in [0.717, 1.165) is 5.56 Å². The molecule has 0 aliphatic carbocycles. The molecule has 162 valence electrons. The molecule has 2 heterocycles. The number of nitrogens with one attached hydrogen (secondary N) is 1. The first kappa shape index (κ1) is 21.3. The quantitative estimate of drug-likeness (QED) is 0.669. The minimum absolute atomic E-state index is 0.0846. The van der Waals surface area contributed by atoms with Gasteiger partial charge in [0.2, 0.25) is 5.91 Å². The van der Waals surface area contributed by atoms with E-state index in [1.165, 1.54) is 0 Å². The average Bonchev–Trinajstić information content (AvgIpc) is 3.21. The van der Waals surface area contributed by atoms with E-state index in [4.69, 9.17) is 0 Å². The van der Waals surface area contributed by atoms with Gasteiger partial charge < -0.3 is 10.2 Å². The van der Waals surface area contributed by atoms with Gasteiger partial charge in [0.1, 0.15) is 0 Å². The topological polar surface area (TPSA) is 91.0 Å². The number of nitrogens with zero attached hydrogens (tertiary/aromatic N) is 4. The van der Waals surface area contributed by atoms with Crippen LogP contribution in [-0.4, -0.2) is 33.0 Å². The van der Waals surface area contributed by atoms with E-state index in [9.17, 15) is 14.9 Å². The Morgan fingerprint density at radius 2 is 2.00 bits per heavy atom. The van der Waals surface area contributed by atoms with E-state index in [1.807, 2.05) is 31.4 Å². The van der Waals surface area contributed by atoms with Crippen LogP contribution in [0.25, 0.3) is 0 Å². The highest BCUT2D eigenvalue weighted by molar-refractivity contribution is 6.04. The maximum atomic E-state index is 13.7. The molecule has 0 radical (unpaired) electrons. The fourth-order valence-electron chi connectivity index (χ4n) is 4.32. The van der Waals surface area contributed by atoms with Crippen LogP contribution in [0.3, 0.4) is 0 Å². The zero-order chi connectivity index (χ0) is 22.8. The van der Waals surface area contributed by atoms with Crippen molar-refractivity contribution in [1.82, 2.24) is 14.7 Å². The molecule has 1 aromatic heterocycles. The van der Waals surface area contributed by atoms with Crippen molar-refractivity contribution in [3.63, 3.8) is 0 Å². The minimum atomic E-state index is -0.627. The van der Waals surface area contributed by atoms with E-state index < -0.39 is 12.0 Å². The molecule has 0 spiro atoms. The summed E-state index contributed by atoms with van der Waals surface area (Å²) in [5.74, 6) is -0.724. The summed E-state index contributed by atoms with van der Waals surface area (Å²) in [5.41, 5.74) is 3.05.